The van der Waals surface area contributed by atoms with Crippen LogP contribution in [-0.4, -0.2) is 23.3 Å². The van der Waals surface area contributed by atoms with Crippen LogP contribution in [0.4, 0.5) is 0 Å². The van der Waals surface area contributed by atoms with Crippen molar-refractivity contribution >= 4 is 5.97 Å². The summed E-state index contributed by atoms with van der Waals surface area (Å²) >= 11 is 0. The summed E-state index contributed by atoms with van der Waals surface area (Å²) in [4.78, 5) is 11.5. The third kappa shape index (κ3) is 3.45. The molecule has 0 aliphatic heterocycles. The molecule has 0 saturated heterocycles. The molecule has 0 unspecified atom stereocenters. The van der Waals surface area contributed by atoms with Crippen LogP contribution in [0.5, 0.6) is 0 Å². The molecule has 1 aliphatic carbocycles. The minimum absolute atomic E-state index is 0.000474. The van der Waals surface area contributed by atoms with Crippen LogP contribution < -0.4 is 0 Å². The fourth-order valence-corrected chi connectivity index (χ4v) is 3.63. The number of hydrogen-bond acceptors (Lipinski definition) is 3. The van der Waals surface area contributed by atoms with Gasteiger partial charge in [0.15, 0.2) is 0 Å². The van der Waals surface area contributed by atoms with Gasteiger partial charge in [-0.15, -0.1) is 0 Å². The Balaban J connectivity index is 1.89. The van der Waals surface area contributed by atoms with Crippen molar-refractivity contribution < 1.29 is 14.6 Å². The molecule has 2 aromatic carbocycles. The van der Waals surface area contributed by atoms with E-state index in [-0.39, 0.29) is 17.8 Å². The monoisotopic (exact) mass is 310 g/mol. The Morgan fingerprint density at radius 2 is 1.39 bits per heavy atom. The molecule has 1 N–H and O–H groups in total. The highest BCUT2D eigenvalue weighted by Crippen LogP contribution is 2.42. The Labute approximate surface area is 136 Å². The van der Waals surface area contributed by atoms with Crippen molar-refractivity contribution in [3.8, 4) is 0 Å². The van der Waals surface area contributed by atoms with E-state index in [0.29, 0.717) is 0 Å². The third-order valence-electron chi connectivity index (χ3n) is 4.69. The summed E-state index contributed by atoms with van der Waals surface area (Å²) in [5.74, 6) is -0.306. The molecule has 1 saturated carbocycles. The van der Waals surface area contributed by atoms with Gasteiger partial charge >= 0.3 is 5.97 Å². The van der Waals surface area contributed by atoms with Crippen molar-refractivity contribution in [1.82, 2.24) is 0 Å². The molecule has 3 rings (SSSR count). The highest BCUT2D eigenvalue weighted by molar-refractivity contribution is 5.66. The van der Waals surface area contributed by atoms with Gasteiger partial charge in [-0.3, -0.25) is 4.79 Å². The molecule has 3 heteroatoms. The van der Waals surface area contributed by atoms with Gasteiger partial charge in [0.05, 0.1) is 6.10 Å². The van der Waals surface area contributed by atoms with Crippen LogP contribution in [0.3, 0.4) is 0 Å². The van der Waals surface area contributed by atoms with Crippen molar-refractivity contribution in [2.24, 2.45) is 0 Å². The smallest absolute Gasteiger partial charge is 0.303 e. The van der Waals surface area contributed by atoms with E-state index in [0.717, 1.165) is 24.0 Å². The molecule has 0 bridgehead atoms. The van der Waals surface area contributed by atoms with E-state index in [9.17, 15) is 9.90 Å². The molecule has 0 heterocycles. The molecular weight excluding hydrogens is 288 g/mol. The average molecular weight is 310 g/mol. The van der Waals surface area contributed by atoms with E-state index in [1.54, 1.807) is 0 Å². The molecule has 120 valence electrons. The Morgan fingerprint density at radius 1 is 0.913 bits per heavy atom. The first-order chi connectivity index (χ1) is 11.2. The van der Waals surface area contributed by atoms with Gasteiger partial charge in [0, 0.05) is 18.8 Å². The third-order valence-corrected chi connectivity index (χ3v) is 4.69. The number of esters is 1. The molecule has 1 fully saturated rings. The number of hydrogen-bond donors (Lipinski definition) is 1. The van der Waals surface area contributed by atoms with Crippen LogP contribution in [0.25, 0.3) is 0 Å². The summed E-state index contributed by atoms with van der Waals surface area (Å²) < 4.78 is 5.53. The Kier molecular flexibility index (Phi) is 4.77. The Morgan fingerprint density at radius 3 is 1.91 bits per heavy atom. The van der Waals surface area contributed by atoms with Gasteiger partial charge in [0.2, 0.25) is 0 Å². The second-order valence-electron chi connectivity index (χ2n) is 6.18. The lowest BCUT2D eigenvalue weighted by Gasteiger charge is -2.40. The standard InChI is InChI=1S/C20H22O3/c1-14(21)23-20-18(16-10-6-3-7-11-16)13-12-17(19(20)22)15-8-4-2-5-9-15/h2-11,17-20,22H,12-13H2,1H3/t17-,18-,19-,20-/m1/s1. The fraction of sp³-hybridized carbons (Fsp3) is 0.350. The summed E-state index contributed by atoms with van der Waals surface area (Å²) in [5.41, 5.74) is 2.22. The lowest BCUT2D eigenvalue weighted by Crippen LogP contribution is -2.43. The van der Waals surface area contributed by atoms with Crippen molar-refractivity contribution in [3.63, 3.8) is 0 Å². The predicted molar refractivity (Wildman–Crippen MR) is 89.2 cm³/mol. The molecule has 2 aromatic rings. The van der Waals surface area contributed by atoms with Gasteiger partial charge < -0.3 is 9.84 Å². The zero-order valence-electron chi connectivity index (χ0n) is 13.3. The number of benzene rings is 2. The van der Waals surface area contributed by atoms with Gasteiger partial charge in [-0.1, -0.05) is 60.7 Å². The molecule has 1 aliphatic rings. The number of carbonyl (C=O) groups excluding carboxylic acids is 1. The Bertz CT molecular complexity index is 638. The zero-order chi connectivity index (χ0) is 16.2. The van der Waals surface area contributed by atoms with Gasteiger partial charge in [-0.05, 0) is 24.0 Å². The Hall–Kier alpha value is -2.13. The minimum atomic E-state index is -0.694. The normalized spacial score (nSPS) is 27.4. The van der Waals surface area contributed by atoms with E-state index in [2.05, 4.69) is 0 Å². The minimum Gasteiger partial charge on any atom is -0.459 e. The van der Waals surface area contributed by atoms with Gasteiger partial charge in [0.25, 0.3) is 0 Å². The highest BCUT2D eigenvalue weighted by atomic mass is 16.6. The van der Waals surface area contributed by atoms with E-state index >= 15 is 0 Å². The van der Waals surface area contributed by atoms with Gasteiger partial charge in [-0.25, -0.2) is 0 Å². The second kappa shape index (κ2) is 6.97. The van der Waals surface area contributed by atoms with Crippen LogP contribution in [-0.2, 0) is 9.53 Å². The summed E-state index contributed by atoms with van der Waals surface area (Å²) in [6.45, 7) is 1.40. The second-order valence-corrected chi connectivity index (χ2v) is 6.18. The summed E-state index contributed by atoms with van der Waals surface area (Å²) in [6.07, 6.45) is 0.565. The predicted octanol–water partition coefficient (Wildman–Crippen LogP) is 3.64. The number of aliphatic hydroxyl groups excluding tert-OH is 1. The maximum atomic E-state index is 11.5. The van der Waals surface area contributed by atoms with Crippen LogP contribution in [0.1, 0.15) is 42.7 Å². The van der Waals surface area contributed by atoms with Crippen LogP contribution in [0.2, 0.25) is 0 Å². The molecule has 0 aromatic heterocycles. The molecule has 0 radical (unpaired) electrons. The maximum Gasteiger partial charge on any atom is 0.303 e. The van der Waals surface area contributed by atoms with Crippen LogP contribution in [0, 0.1) is 0 Å². The lowest BCUT2D eigenvalue weighted by atomic mass is 9.72. The van der Waals surface area contributed by atoms with E-state index < -0.39 is 12.2 Å². The average Bonchev–Trinajstić information content (AvgIpc) is 2.58. The van der Waals surface area contributed by atoms with Crippen LogP contribution in [0.15, 0.2) is 60.7 Å². The van der Waals surface area contributed by atoms with Crippen molar-refractivity contribution in [2.75, 3.05) is 0 Å². The molecule has 0 amide bonds. The number of rotatable bonds is 3. The molecular formula is C20H22O3. The summed E-state index contributed by atoms with van der Waals surface area (Å²) in [5, 5.41) is 10.9. The van der Waals surface area contributed by atoms with Crippen molar-refractivity contribution in [2.45, 2.75) is 43.8 Å². The fourth-order valence-electron chi connectivity index (χ4n) is 3.63. The summed E-state index contributed by atoms with van der Waals surface area (Å²) in [7, 11) is 0. The quantitative estimate of drug-likeness (QED) is 0.880. The SMILES string of the molecule is CC(=O)O[C@H]1[C@H](O)[C@@H](c2ccccc2)CC[C@@H]1c1ccccc1. The highest BCUT2D eigenvalue weighted by Gasteiger charge is 2.41. The first-order valence-corrected chi connectivity index (χ1v) is 8.12. The van der Waals surface area contributed by atoms with Crippen molar-refractivity contribution in [3.05, 3.63) is 71.8 Å². The van der Waals surface area contributed by atoms with Gasteiger partial charge in [0.1, 0.15) is 6.10 Å². The molecule has 3 nitrogen and oxygen atoms in total. The molecule has 0 spiro atoms. The first kappa shape index (κ1) is 15.8. The molecule has 4 atom stereocenters. The van der Waals surface area contributed by atoms with E-state index in [4.69, 9.17) is 4.74 Å². The summed E-state index contributed by atoms with van der Waals surface area (Å²) in [6, 6.07) is 20.0. The topological polar surface area (TPSA) is 46.5 Å². The lowest BCUT2D eigenvalue weighted by molar-refractivity contribution is -0.158. The zero-order valence-corrected chi connectivity index (χ0v) is 13.3. The maximum absolute atomic E-state index is 11.5. The largest absolute Gasteiger partial charge is 0.459 e. The number of ether oxygens (including phenoxy) is 1. The molecule has 23 heavy (non-hydrogen) atoms. The number of aliphatic hydroxyl groups is 1. The van der Waals surface area contributed by atoms with Crippen molar-refractivity contribution in [1.29, 1.82) is 0 Å². The first-order valence-electron chi connectivity index (χ1n) is 8.12. The number of carbonyl (C=O) groups is 1. The van der Waals surface area contributed by atoms with E-state index in [1.807, 2.05) is 60.7 Å². The van der Waals surface area contributed by atoms with E-state index in [1.165, 1.54) is 6.92 Å². The van der Waals surface area contributed by atoms with Gasteiger partial charge in [-0.2, -0.15) is 0 Å². The van der Waals surface area contributed by atoms with Crippen LogP contribution >= 0.6 is 0 Å².